The van der Waals surface area contributed by atoms with Crippen LogP contribution in [0, 0.1) is 11.8 Å². The predicted octanol–water partition coefficient (Wildman–Crippen LogP) is 2.20. The molecule has 1 nitrogen and oxygen atoms in total. The summed E-state index contributed by atoms with van der Waals surface area (Å²) in [6.45, 7) is 9.17. The minimum atomic E-state index is 0.0648. The molecule has 0 spiro atoms. The summed E-state index contributed by atoms with van der Waals surface area (Å²) in [5.41, 5.74) is 0. The lowest BCUT2D eigenvalue weighted by molar-refractivity contribution is -0.111. The van der Waals surface area contributed by atoms with Gasteiger partial charge in [0, 0.05) is 5.92 Å². The van der Waals surface area contributed by atoms with Crippen LogP contribution in [-0.4, -0.2) is 6.29 Å². The first-order valence-corrected chi connectivity index (χ1v) is 3.45. The Balaban J connectivity index is 3.90. The minimum absolute atomic E-state index is 0.0648. The standard InChI is InChI=1S/C9H14O/c1-4-6-9(7-10)8(3)5-2/h4-5,7-9H,1-2,6H2,3H3. The molecule has 0 aliphatic rings. The normalized spacial score (nSPS) is 15.3. The van der Waals surface area contributed by atoms with Gasteiger partial charge in [-0.1, -0.05) is 19.1 Å². The Morgan fingerprint density at radius 1 is 1.50 bits per heavy atom. The second-order valence-electron chi connectivity index (χ2n) is 2.42. The van der Waals surface area contributed by atoms with Gasteiger partial charge in [-0.05, 0) is 12.3 Å². The molecule has 2 atom stereocenters. The number of carbonyl (C=O) groups is 1. The molecular weight excluding hydrogens is 124 g/mol. The maximum atomic E-state index is 10.4. The quantitative estimate of drug-likeness (QED) is 0.420. The SMILES string of the molecule is C=CCC(C=O)C(C)C=C. The Morgan fingerprint density at radius 2 is 2.10 bits per heavy atom. The highest BCUT2D eigenvalue weighted by Gasteiger charge is 2.10. The van der Waals surface area contributed by atoms with Crippen LogP contribution in [0.4, 0.5) is 0 Å². The van der Waals surface area contributed by atoms with Crippen LogP contribution in [0.5, 0.6) is 0 Å². The van der Waals surface area contributed by atoms with Gasteiger partial charge in [0.05, 0.1) is 0 Å². The highest BCUT2D eigenvalue weighted by atomic mass is 16.1. The van der Waals surface area contributed by atoms with Crippen LogP contribution in [0.2, 0.25) is 0 Å². The summed E-state index contributed by atoms with van der Waals surface area (Å²) in [5, 5.41) is 0. The zero-order chi connectivity index (χ0) is 7.98. The molecule has 0 aromatic carbocycles. The third kappa shape index (κ3) is 2.62. The van der Waals surface area contributed by atoms with Gasteiger partial charge in [-0.25, -0.2) is 0 Å². The van der Waals surface area contributed by atoms with Crippen molar-refractivity contribution in [3.63, 3.8) is 0 Å². The average molecular weight is 138 g/mol. The molecule has 10 heavy (non-hydrogen) atoms. The van der Waals surface area contributed by atoms with Gasteiger partial charge in [-0.15, -0.1) is 13.2 Å². The molecular formula is C9H14O. The van der Waals surface area contributed by atoms with E-state index >= 15 is 0 Å². The summed E-state index contributed by atoms with van der Waals surface area (Å²) < 4.78 is 0. The first kappa shape index (κ1) is 9.15. The van der Waals surface area contributed by atoms with Gasteiger partial charge in [0.1, 0.15) is 6.29 Å². The van der Waals surface area contributed by atoms with Crippen LogP contribution in [-0.2, 0) is 4.79 Å². The van der Waals surface area contributed by atoms with Gasteiger partial charge in [-0.2, -0.15) is 0 Å². The molecule has 0 bridgehead atoms. The van der Waals surface area contributed by atoms with E-state index in [9.17, 15) is 4.79 Å². The van der Waals surface area contributed by atoms with Gasteiger partial charge in [-0.3, -0.25) is 0 Å². The van der Waals surface area contributed by atoms with E-state index in [4.69, 9.17) is 0 Å². The van der Waals surface area contributed by atoms with Crippen molar-refractivity contribution in [1.29, 1.82) is 0 Å². The molecule has 0 amide bonds. The monoisotopic (exact) mass is 138 g/mol. The molecule has 0 fully saturated rings. The van der Waals surface area contributed by atoms with Crippen LogP contribution in [0.1, 0.15) is 13.3 Å². The van der Waals surface area contributed by atoms with Gasteiger partial charge in [0.15, 0.2) is 0 Å². The summed E-state index contributed by atoms with van der Waals surface area (Å²) in [6, 6.07) is 0. The smallest absolute Gasteiger partial charge is 0.123 e. The first-order chi connectivity index (χ1) is 4.76. The Labute approximate surface area is 62.4 Å². The summed E-state index contributed by atoms with van der Waals surface area (Å²) in [4.78, 5) is 10.4. The predicted molar refractivity (Wildman–Crippen MR) is 43.7 cm³/mol. The summed E-state index contributed by atoms with van der Waals surface area (Å²) >= 11 is 0. The van der Waals surface area contributed by atoms with Crippen LogP contribution >= 0.6 is 0 Å². The van der Waals surface area contributed by atoms with Crippen molar-refractivity contribution < 1.29 is 4.79 Å². The van der Waals surface area contributed by atoms with Gasteiger partial charge in [0.2, 0.25) is 0 Å². The topological polar surface area (TPSA) is 17.1 Å². The van der Waals surface area contributed by atoms with Crippen molar-refractivity contribution in [3.8, 4) is 0 Å². The van der Waals surface area contributed by atoms with E-state index in [1.54, 1.807) is 12.2 Å². The Hall–Kier alpha value is -0.850. The molecule has 0 rings (SSSR count). The second-order valence-corrected chi connectivity index (χ2v) is 2.42. The third-order valence-electron chi connectivity index (χ3n) is 1.66. The zero-order valence-corrected chi connectivity index (χ0v) is 6.42. The number of rotatable bonds is 5. The molecule has 0 aliphatic carbocycles. The van der Waals surface area contributed by atoms with Crippen molar-refractivity contribution in [3.05, 3.63) is 25.3 Å². The van der Waals surface area contributed by atoms with Gasteiger partial charge >= 0.3 is 0 Å². The molecule has 0 N–H and O–H groups in total. The molecule has 0 aliphatic heterocycles. The van der Waals surface area contributed by atoms with E-state index in [0.717, 1.165) is 12.7 Å². The highest BCUT2D eigenvalue weighted by molar-refractivity contribution is 5.54. The van der Waals surface area contributed by atoms with E-state index in [0.29, 0.717) is 0 Å². The first-order valence-electron chi connectivity index (χ1n) is 3.45. The minimum Gasteiger partial charge on any atom is -0.303 e. The van der Waals surface area contributed by atoms with Crippen LogP contribution < -0.4 is 0 Å². The maximum absolute atomic E-state index is 10.4. The Morgan fingerprint density at radius 3 is 2.40 bits per heavy atom. The van der Waals surface area contributed by atoms with Crippen molar-refractivity contribution in [2.24, 2.45) is 11.8 Å². The molecule has 0 saturated heterocycles. The van der Waals surface area contributed by atoms with E-state index < -0.39 is 0 Å². The number of hydrogen-bond acceptors (Lipinski definition) is 1. The van der Waals surface area contributed by atoms with E-state index in [-0.39, 0.29) is 11.8 Å². The molecule has 1 heteroatoms. The highest BCUT2D eigenvalue weighted by Crippen LogP contribution is 2.13. The zero-order valence-electron chi connectivity index (χ0n) is 6.42. The van der Waals surface area contributed by atoms with Gasteiger partial charge in [0.25, 0.3) is 0 Å². The largest absolute Gasteiger partial charge is 0.303 e. The number of allylic oxidation sites excluding steroid dienone is 2. The lowest BCUT2D eigenvalue weighted by Crippen LogP contribution is -2.09. The van der Waals surface area contributed by atoms with Crippen LogP contribution in [0.3, 0.4) is 0 Å². The summed E-state index contributed by atoms with van der Waals surface area (Å²) in [5.74, 6) is 0.325. The molecule has 0 aromatic rings. The van der Waals surface area contributed by atoms with Crippen LogP contribution in [0.15, 0.2) is 25.3 Å². The van der Waals surface area contributed by atoms with Crippen molar-refractivity contribution in [2.45, 2.75) is 13.3 Å². The van der Waals surface area contributed by atoms with E-state index in [1.165, 1.54) is 0 Å². The van der Waals surface area contributed by atoms with Gasteiger partial charge < -0.3 is 4.79 Å². The van der Waals surface area contributed by atoms with E-state index in [2.05, 4.69) is 13.2 Å². The fourth-order valence-corrected chi connectivity index (χ4v) is 0.761. The number of aldehydes is 1. The lowest BCUT2D eigenvalue weighted by atomic mass is 9.93. The molecule has 0 radical (unpaired) electrons. The van der Waals surface area contributed by atoms with Crippen LogP contribution in [0.25, 0.3) is 0 Å². The maximum Gasteiger partial charge on any atom is 0.123 e. The average Bonchev–Trinajstić information content (AvgIpc) is 1.99. The number of carbonyl (C=O) groups excluding carboxylic acids is 1. The van der Waals surface area contributed by atoms with Crippen molar-refractivity contribution in [1.82, 2.24) is 0 Å². The third-order valence-corrected chi connectivity index (χ3v) is 1.66. The number of hydrogen-bond donors (Lipinski definition) is 0. The molecule has 0 heterocycles. The Bertz CT molecular complexity index is 127. The lowest BCUT2D eigenvalue weighted by Gasteiger charge is -2.11. The molecule has 56 valence electrons. The van der Waals surface area contributed by atoms with E-state index in [1.807, 2.05) is 6.92 Å². The van der Waals surface area contributed by atoms with Crippen molar-refractivity contribution >= 4 is 6.29 Å². The molecule has 0 saturated carbocycles. The van der Waals surface area contributed by atoms with Crippen molar-refractivity contribution in [2.75, 3.05) is 0 Å². The summed E-state index contributed by atoms with van der Waals surface area (Å²) in [7, 11) is 0. The summed E-state index contributed by atoms with van der Waals surface area (Å²) in [6.07, 6.45) is 5.27. The fourth-order valence-electron chi connectivity index (χ4n) is 0.761. The fraction of sp³-hybridized carbons (Fsp3) is 0.444. The second kappa shape index (κ2) is 4.98. The Kier molecular flexibility index (Phi) is 4.55. The molecule has 0 aromatic heterocycles. The molecule has 2 unspecified atom stereocenters.